The van der Waals surface area contributed by atoms with Gasteiger partial charge in [-0.1, -0.05) is 11.6 Å². The lowest BCUT2D eigenvalue weighted by atomic mass is 9.90. The van der Waals surface area contributed by atoms with Crippen molar-refractivity contribution in [2.45, 2.75) is 25.7 Å². The van der Waals surface area contributed by atoms with Crippen molar-refractivity contribution in [1.29, 1.82) is 0 Å². The molecule has 0 radical (unpaired) electrons. The van der Waals surface area contributed by atoms with Gasteiger partial charge in [-0.2, -0.15) is 0 Å². The van der Waals surface area contributed by atoms with Gasteiger partial charge in [0.2, 0.25) is 0 Å². The number of hydrogen-bond acceptors (Lipinski definition) is 4. The van der Waals surface area contributed by atoms with Crippen molar-refractivity contribution < 1.29 is 19.0 Å². The second kappa shape index (κ2) is 7.97. The Balaban J connectivity index is 1.92. The maximum absolute atomic E-state index is 13.9. The number of hydrogen-bond donors (Lipinski definition) is 2. The van der Waals surface area contributed by atoms with Crippen molar-refractivity contribution in [2.24, 2.45) is 0 Å². The van der Waals surface area contributed by atoms with E-state index in [0.29, 0.717) is 29.5 Å². The SMILES string of the molecule is Cc1cc(F)cc(C(=O)O)c1Nc1c(C2CCOCC2)cnc2ccc(Cl)cc12. The highest BCUT2D eigenvalue weighted by molar-refractivity contribution is 6.31. The van der Waals surface area contributed by atoms with Crippen LogP contribution >= 0.6 is 11.6 Å². The van der Waals surface area contributed by atoms with E-state index in [1.165, 1.54) is 6.07 Å². The smallest absolute Gasteiger partial charge is 0.337 e. The molecule has 0 unspecified atom stereocenters. The number of fused-ring (bicyclic) bond motifs is 1. The maximum Gasteiger partial charge on any atom is 0.337 e. The predicted molar refractivity (Wildman–Crippen MR) is 111 cm³/mol. The van der Waals surface area contributed by atoms with Gasteiger partial charge < -0.3 is 15.2 Å². The third kappa shape index (κ3) is 3.91. The number of aromatic nitrogens is 1. The van der Waals surface area contributed by atoms with Crippen LogP contribution in [0.5, 0.6) is 0 Å². The number of halogens is 2. The van der Waals surface area contributed by atoms with Gasteiger partial charge in [-0.25, -0.2) is 9.18 Å². The molecule has 1 aliphatic heterocycles. The molecule has 1 aromatic heterocycles. The second-order valence-corrected chi connectivity index (χ2v) is 7.65. The molecule has 1 saturated heterocycles. The van der Waals surface area contributed by atoms with E-state index >= 15 is 0 Å². The van der Waals surface area contributed by atoms with Crippen LogP contribution < -0.4 is 5.32 Å². The summed E-state index contributed by atoms with van der Waals surface area (Å²) in [4.78, 5) is 16.3. The molecule has 0 aliphatic carbocycles. The van der Waals surface area contributed by atoms with E-state index < -0.39 is 11.8 Å². The number of carboxylic acids is 1. The maximum atomic E-state index is 13.9. The van der Waals surface area contributed by atoms with Crippen LogP contribution in [0.2, 0.25) is 5.02 Å². The first kappa shape index (κ1) is 19.6. The average molecular weight is 415 g/mol. The van der Waals surface area contributed by atoms with Crippen LogP contribution in [0, 0.1) is 12.7 Å². The largest absolute Gasteiger partial charge is 0.478 e. The predicted octanol–water partition coefficient (Wildman–Crippen LogP) is 5.67. The van der Waals surface area contributed by atoms with Crippen LogP contribution in [0.4, 0.5) is 15.8 Å². The summed E-state index contributed by atoms with van der Waals surface area (Å²) >= 11 is 6.25. The van der Waals surface area contributed by atoms with Gasteiger partial charge >= 0.3 is 5.97 Å². The first-order chi connectivity index (χ1) is 13.9. The molecule has 0 amide bonds. The number of nitrogens with one attached hydrogen (secondary N) is 1. The Labute approximate surface area is 172 Å². The van der Waals surface area contributed by atoms with Crippen LogP contribution in [0.1, 0.15) is 40.2 Å². The fourth-order valence-corrected chi connectivity index (χ4v) is 4.01. The minimum atomic E-state index is -1.20. The van der Waals surface area contributed by atoms with Crippen molar-refractivity contribution in [3.63, 3.8) is 0 Å². The minimum absolute atomic E-state index is 0.118. The number of pyridine rings is 1. The van der Waals surface area contributed by atoms with Gasteiger partial charge in [0.1, 0.15) is 5.82 Å². The van der Waals surface area contributed by atoms with Gasteiger partial charge in [0.25, 0.3) is 0 Å². The summed E-state index contributed by atoms with van der Waals surface area (Å²) in [5, 5.41) is 14.3. The molecule has 0 bridgehead atoms. The highest BCUT2D eigenvalue weighted by Crippen LogP contribution is 2.39. The summed E-state index contributed by atoms with van der Waals surface area (Å²) in [7, 11) is 0. The topological polar surface area (TPSA) is 71.5 Å². The average Bonchev–Trinajstić information content (AvgIpc) is 2.70. The molecule has 29 heavy (non-hydrogen) atoms. The van der Waals surface area contributed by atoms with Gasteiger partial charge in [-0.15, -0.1) is 0 Å². The lowest BCUT2D eigenvalue weighted by Gasteiger charge is -2.26. The lowest BCUT2D eigenvalue weighted by Crippen LogP contribution is -2.16. The molecule has 1 aliphatic rings. The summed E-state index contributed by atoms with van der Waals surface area (Å²) in [5.41, 5.74) is 3.22. The number of aromatic carboxylic acids is 1. The number of aryl methyl sites for hydroxylation is 1. The van der Waals surface area contributed by atoms with E-state index in [1.807, 2.05) is 18.3 Å². The number of carbonyl (C=O) groups is 1. The highest BCUT2D eigenvalue weighted by atomic mass is 35.5. The molecule has 4 rings (SSSR count). The van der Waals surface area contributed by atoms with Crippen LogP contribution in [0.25, 0.3) is 10.9 Å². The quantitative estimate of drug-likeness (QED) is 0.575. The highest BCUT2D eigenvalue weighted by Gasteiger charge is 2.23. The second-order valence-electron chi connectivity index (χ2n) is 7.21. The van der Waals surface area contributed by atoms with E-state index in [1.54, 1.807) is 13.0 Å². The molecule has 0 spiro atoms. The van der Waals surface area contributed by atoms with Crippen LogP contribution in [-0.4, -0.2) is 29.3 Å². The number of nitrogens with zero attached hydrogens (tertiary/aromatic N) is 1. The molecular formula is C22H20ClFN2O3. The number of benzene rings is 2. The van der Waals surface area contributed by atoms with Crippen molar-refractivity contribution in [2.75, 3.05) is 18.5 Å². The van der Waals surface area contributed by atoms with E-state index in [0.717, 1.165) is 41.1 Å². The Morgan fingerprint density at radius 1 is 1.24 bits per heavy atom. The van der Waals surface area contributed by atoms with Gasteiger partial charge in [0.05, 0.1) is 22.5 Å². The molecule has 5 nitrogen and oxygen atoms in total. The zero-order valence-corrected chi connectivity index (χ0v) is 16.6. The summed E-state index contributed by atoms with van der Waals surface area (Å²) in [6.45, 7) is 3.00. The normalized spacial score (nSPS) is 14.9. The number of anilines is 2. The lowest BCUT2D eigenvalue weighted by molar-refractivity contribution is 0.0697. The van der Waals surface area contributed by atoms with Crippen LogP contribution in [0.3, 0.4) is 0 Å². The Bertz CT molecular complexity index is 1100. The van der Waals surface area contributed by atoms with E-state index in [4.69, 9.17) is 16.3 Å². The number of ether oxygens (including phenoxy) is 1. The Kier molecular flexibility index (Phi) is 5.39. The van der Waals surface area contributed by atoms with Gasteiger partial charge in [0.15, 0.2) is 0 Å². The summed E-state index contributed by atoms with van der Waals surface area (Å²) in [6.07, 6.45) is 3.51. The molecule has 2 aromatic carbocycles. The van der Waals surface area contributed by atoms with Gasteiger partial charge in [0, 0.05) is 29.8 Å². The minimum Gasteiger partial charge on any atom is -0.478 e. The zero-order chi connectivity index (χ0) is 20.5. The van der Waals surface area contributed by atoms with Crippen LogP contribution in [0.15, 0.2) is 36.5 Å². The molecule has 2 N–H and O–H groups in total. The first-order valence-corrected chi connectivity index (χ1v) is 9.78. The number of carboxylic acid groups (broad SMARTS) is 1. The molecule has 150 valence electrons. The van der Waals surface area contributed by atoms with Crippen molar-refractivity contribution in [3.8, 4) is 0 Å². The van der Waals surface area contributed by atoms with E-state index in [-0.39, 0.29) is 11.5 Å². The third-order valence-corrected chi connectivity index (χ3v) is 5.54. The van der Waals surface area contributed by atoms with Crippen LogP contribution in [-0.2, 0) is 4.74 Å². The van der Waals surface area contributed by atoms with Crippen molar-refractivity contribution >= 4 is 39.8 Å². The molecule has 1 fully saturated rings. The van der Waals surface area contributed by atoms with Gasteiger partial charge in [-0.3, -0.25) is 4.98 Å². The third-order valence-electron chi connectivity index (χ3n) is 5.30. The fourth-order valence-electron chi connectivity index (χ4n) is 3.84. The molecule has 0 saturated carbocycles. The van der Waals surface area contributed by atoms with Crippen molar-refractivity contribution in [1.82, 2.24) is 4.98 Å². The molecule has 7 heteroatoms. The standard InChI is InChI=1S/C22H20ClFN2O3/c1-12-8-15(24)10-17(22(27)28)20(12)26-21-16-9-14(23)2-3-19(16)25-11-18(21)13-4-6-29-7-5-13/h2-3,8-11,13H,4-7H2,1H3,(H,25,26)(H,27,28). The number of rotatable bonds is 4. The Morgan fingerprint density at radius 2 is 2.00 bits per heavy atom. The molecular weight excluding hydrogens is 395 g/mol. The van der Waals surface area contributed by atoms with E-state index in [9.17, 15) is 14.3 Å². The van der Waals surface area contributed by atoms with Gasteiger partial charge in [-0.05, 0) is 67.1 Å². The van der Waals surface area contributed by atoms with E-state index in [2.05, 4.69) is 10.3 Å². The Morgan fingerprint density at radius 3 is 2.72 bits per heavy atom. The Hall–Kier alpha value is -2.70. The first-order valence-electron chi connectivity index (χ1n) is 9.40. The summed E-state index contributed by atoms with van der Waals surface area (Å²) in [6, 6.07) is 7.75. The molecule has 3 aromatic rings. The summed E-state index contributed by atoms with van der Waals surface area (Å²) < 4.78 is 19.3. The van der Waals surface area contributed by atoms with Crippen molar-refractivity contribution in [3.05, 3.63) is 64.1 Å². The fraction of sp³-hybridized carbons (Fsp3) is 0.273. The summed E-state index contributed by atoms with van der Waals surface area (Å²) in [5.74, 6) is -1.56. The monoisotopic (exact) mass is 414 g/mol. The zero-order valence-electron chi connectivity index (χ0n) is 15.8. The molecule has 2 heterocycles. The molecule has 0 atom stereocenters.